The maximum absolute atomic E-state index is 10.5. The van der Waals surface area contributed by atoms with Crippen molar-refractivity contribution in [3.63, 3.8) is 0 Å². The number of hydrogen-bond donors (Lipinski definition) is 2. The number of benzene rings is 1. The van der Waals surface area contributed by atoms with E-state index in [1.165, 1.54) is 6.07 Å². The molecule has 70 valence electrons. The first kappa shape index (κ1) is 9.74. The van der Waals surface area contributed by atoms with Gasteiger partial charge in [0.1, 0.15) is 5.75 Å². The fraction of sp³-hybridized carbons (Fsp3) is 0.300. The Labute approximate surface area is 76.6 Å². The SMILES string of the molecule is CCc1cc(CO)cc(C=O)c1O. The second-order valence-electron chi connectivity index (χ2n) is 2.82. The van der Waals surface area contributed by atoms with Crippen LogP contribution in [0, 0.1) is 0 Å². The highest BCUT2D eigenvalue weighted by molar-refractivity contribution is 5.80. The third-order valence-electron chi connectivity index (χ3n) is 1.97. The first-order chi connectivity index (χ1) is 6.22. The summed E-state index contributed by atoms with van der Waals surface area (Å²) in [5, 5.41) is 18.4. The maximum atomic E-state index is 10.5. The number of phenols is 1. The summed E-state index contributed by atoms with van der Waals surface area (Å²) in [7, 11) is 0. The third-order valence-corrected chi connectivity index (χ3v) is 1.97. The zero-order chi connectivity index (χ0) is 9.84. The molecule has 2 N–H and O–H groups in total. The number of rotatable bonds is 3. The highest BCUT2D eigenvalue weighted by atomic mass is 16.3. The van der Waals surface area contributed by atoms with Crippen molar-refractivity contribution in [1.29, 1.82) is 0 Å². The lowest BCUT2D eigenvalue weighted by Gasteiger charge is -2.06. The van der Waals surface area contributed by atoms with Crippen LogP contribution < -0.4 is 0 Å². The monoisotopic (exact) mass is 180 g/mol. The highest BCUT2D eigenvalue weighted by Gasteiger charge is 2.07. The predicted octanol–water partition coefficient (Wildman–Crippen LogP) is 1.26. The van der Waals surface area contributed by atoms with Crippen molar-refractivity contribution in [3.05, 3.63) is 28.8 Å². The average Bonchev–Trinajstić information content (AvgIpc) is 2.18. The van der Waals surface area contributed by atoms with Crippen LogP contribution in [0.5, 0.6) is 5.75 Å². The second kappa shape index (κ2) is 4.05. The van der Waals surface area contributed by atoms with Crippen molar-refractivity contribution >= 4 is 6.29 Å². The van der Waals surface area contributed by atoms with Gasteiger partial charge >= 0.3 is 0 Å². The minimum absolute atomic E-state index is 0.0229. The Morgan fingerprint density at radius 3 is 2.62 bits per heavy atom. The molecule has 0 radical (unpaired) electrons. The Morgan fingerprint density at radius 1 is 1.46 bits per heavy atom. The van der Waals surface area contributed by atoms with Crippen LogP contribution >= 0.6 is 0 Å². The van der Waals surface area contributed by atoms with E-state index in [0.29, 0.717) is 23.8 Å². The van der Waals surface area contributed by atoms with Crippen molar-refractivity contribution in [2.75, 3.05) is 0 Å². The zero-order valence-corrected chi connectivity index (χ0v) is 7.45. The number of hydrogen-bond acceptors (Lipinski definition) is 3. The molecule has 0 unspecified atom stereocenters. The molecule has 0 atom stereocenters. The fourth-order valence-electron chi connectivity index (χ4n) is 1.24. The van der Waals surface area contributed by atoms with Crippen LogP contribution in [-0.2, 0) is 13.0 Å². The molecule has 0 amide bonds. The van der Waals surface area contributed by atoms with Gasteiger partial charge in [0.25, 0.3) is 0 Å². The molecule has 0 aliphatic heterocycles. The van der Waals surface area contributed by atoms with Gasteiger partial charge in [0.15, 0.2) is 6.29 Å². The van der Waals surface area contributed by atoms with Crippen LogP contribution in [0.15, 0.2) is 12.1 Å². The minimum atomic E-state index is -0.117. The van der Waals surface area contributed by atoms with Crippen molar-refractivity contribution in [3.8, 4) is 5.75 Å². The van der Waals surface area contributed by atoms with Crippen molar-refractivity contribution < 1.29 is 15.0 Å². The molecule has 0 aliphatic carbocycles. The number of carbonyl (C=O) groups is 1. The number of aryl methyl sites for hydroxylation is 1. The molecule has 0 bridgehead atoms. The van der Waals surface area contributed by atoms with Crippen LogP contribution in [0.2, 0.25) is 0 Å². The van der Waals surface area contributed by atoms with Gasteiger partial charge in [-0.25, -0.2) is 0 Å². The predicted molar refractivity (Wildman–Crippen MR) is 48.8 cm³/mol. The van der Waals surface area contributed by atoms with Gasteiger partial charge in [-0.1, -0.05) is 6.92 Å². The Balaban J connectivity index is 3.28. The van der Waals surface area contributed by atoms with Crippen LogP contribution in [0.25, 0.3) is 0 Å². The molecule has 0 saturated carbocycles. The molecule has 0 aliphatic rings. The van der Waals surface area contributed by atoms with Gasteiger partial charge in [0.2, 0.25) is 0 Å². The summed E-state index contributed by atoms with van der Waals surface area (Å²) in [6, 6.07) is 3.18. The largest absolute Gasteiger partial charge is 0.507 e. The van der Waals surface area contributed by atoms with E-state index in [1.54, 1.807) is 6.07 Å². The number of aromatic hydroxyl groups is 1. The smallest absolute Gasteiger partial charge is 0.153 e. The molecule has 0 fully saturated rings. The summed E-state index contributed by atoms with van der Waals surface area (Å²) < 4.78 is 0. The summed E-state index contributed by atoms with van der Waals surface area (Å²) in [5.74, 6) is 0.0229. The Kier molecular flexibility index (Phi) is 3.03. The lowest BCUT2D eigenvalue weighted by molar-refractivity contribution is 0.112. The van der Waals surface area contributed by atoms with Gasteiger partial charge in [-0.3, -0.25) is 4.79 Å². The number of aliphatic hydroxyl groups is 1. The van der Waals surface area contributed by atoms with Gasteiger partial charge in [-0.05, 0) is 29.7 Å². The van der Waals surface area contributed by atoms with Crippen molar-refractivity contribution in [2.45, 2.75) is 20.0 Å². The molecule has 1 rings (SSSR count). The minimum Gasteiger partial charge on any atom is -0.507 e. The topological polar surface area (TPSA) is 57.5 Å². The van der Waals surface area contributed by atoms with E-state index in [1.807, 2.05) is 6.92 Å². The Hall–Kier alpha value is -1.35. The molecule has 0 heterocycles. The summed E-state index contributed by atoms with van der Waals surface area (Å²) in [5.41, 5.74) is 1.58. The highest BCUT2D eigenvalue weighted by Crippen LogP contribution is 2.23. The molecule has 3 nitrogen and oxygen atoms in total. The van der Waals surface area contributed by atoms with Crippen LogP contribution in [0.1, 0.15) is 28.4 Å². The number of aliphatic hydroxyl groups excluding tert-OH is 1. The average molecular weight is 180 g/mol. The third kappa shape index (κ3) is 1.87. The zero-order valence-electron chi connectivity index (χ0n) is 7.45. The quantitative estimate of drug-likeness (QED) is 0.688. The van der Waals surface area contributed by atoms with E-state index in [4.69, 9.17) is 5.11 Å². The first-order valence-electron chi connectivity index (χ1n) is 4.13. The molecule has 0 spiro atoms. The van der Waals surface area contributed by atoms with E-state index >= 15 is 0 Å². The molecular weight excluding hydrogens is 168 g/mol. The number of aldehydes is 1. The van der Waals surface area contributed by atoms with Crippen molar-refractivity contribution in [2.24, 2.45) is 0 Å². The standard InChI is InChI=1S/C10H12O3/c1-2-8-3-7(5-11)4-9(6-12)10(8)13/h3-4,6,11,13H,2,5H2,1H3. The summed E-state index contributed by atoms with van der Waals surface area (Å²) in [6.07, 6.45) is 1.23. The summed E-state index contributed by atoms with van der Waals surface area (Å²) in [6.45, 7) is 1.76. The lowest BCUT2D eigenvalue weighted by Crippen LogP contribution is -1.93. The van der Waals surface area contributed by atoms with Crippen LogP contribution in [0.3, 0.4) is 0 Å². The number of carbonyl (C=O) groups excluding carboxylic acids is 1. The second-order valence-corrected chi connectivity index (χ2v) is 2.82. The molecule has 3 heteroatoms. The molecule has 13 heavy (non-hydrogen) atoms. The Morgan fingerprint density at radius 2 is 2.15 bits per heavy atom. The molecule has 1 aromatic carbocycles. The summed E-state index contributed by atoms with van der Waals surface area (Å²) >= 11 is 0. The Bertz CT molecular complexity index is 318. The molecule has 0 saturated heterocycles. The normalized spacial score (nSPS) is 10.0. The maximum Gasteiger partial charge on any atom is 0.153 e. The molecular formula is C10H12O3. The van der Waals surface area contributed by atoms with Gasteiger partial charge in [-0.15, -0.1) is 0 Å². The van der Waals surface area contributed by atoms with Gasteiger partial charge in [0, 0.05) is 0 Å². The van der Waals surface area contributed by atoms with Gasteiger partial charge in [-0.2, -0.15) is 0 Å². The van der Waals surface area contributed by atoms with Gasteiger partial charge in [0.05, 0.1) is 12.2 Å². The van der Waals surface area contributed by atoms with Crippen LogP contribution in [0.4, 0.5) is 0 Å². The molecule has 0 aromatic heterocycles. The van der Waals surface area contributed by atoms with E-state index in [9.17, 15) is 9.90 Å². The lowest BCUT2D eigenvalue weighted by atomic mass is 10.0. The fourth-order valence-corrected chi connectivity index (χ4v) is 1.24. The van der Waals surface area contributed by atoms with E-state index in [0.717, 1.165) is 0 Å². The molecule has 1 aromatic rings. The van der Waals surface area contributed by atoms with E-state index in [-0.39, 0.29) is 17.9 Å². The number of phenolic OH excluding ortho intramolecular Hbond substituents is 1. The van der Waals surface area contributed by atoms with Crippen LogP contribution in [-0.4, -0.2) is 16.5 Å². The van der Waals surface area contributed by atoms with Crippen molar-refractivity contribution in [1.82, 2.24) is 0 Å². The summed E-state index contributed by atoms with van der Waals surface area (Å²) in [4.78, 5) is 10.5. The van der Waals surface area contributed by atoms with E-state index < -0.39 is 0 Å². The van der Waals surface area contributed by atoms with Gasteiger partial charge < -0.3 is 10.2 Å². The van der Waals surface area contributed by atoms with E-state index in [2.05, 4.69) is 0 Å². The first-order valence-corrected chi connectivity index (χ1v) is 4.13.